The Bertz CT molecular complexity index is 285. The number of carbonyl (C=O) groups is 1. The van der Waals surface area contributed by atoms with E-state index in [2.05, 4.69) is 31.2 Å². The van der Waals surface area contributed by atoms with Crippen molar-refractivity contribution in [3.8, 4) is 0 Å². The fourth-order valence-electron chi connectivity index (χ4n) is 2.37. The van der Waals surface area contributed by atoms with Gasteiger partial charge in [-0.3, -0.25) is 4.79 Å². The molecule has 0 unspecified atom stereocenters. The number of aliphatic hydroxyl groups is 3. The second-order valence-electron chi connectivity index (χ2n) is 7.10. The highest BCUT2D eigenvalue weighted by Crippen LogP contribution is 2.10. The van der Waals surface area contributed by atoms with Crippen molar-refractivity contribution in [2.45, 2.75) is 83.7 Å². The summed E-state index contributed by atoms with van der Waals surface area (Å²) in [7, 11) is 4.12. The summed E-state index contributed by atoms with van der Waals surface area (Å²) in [5.41, 5.74) is 0. The van der Waals surface area contributed by atoms with Crippen molar-refractivity contribution >= 4 is 5.91 Å². The maximum absolute atomic E-state index is 11.6. The topological polar surface area (TPSA) is 93.0 Å². The Morgan fingerprint density at radius 1 is 0.885 bits per heavy atom. The number of hydrogen-bond donors (Lipinski definition) is 4. The second-order valence-corrected chi connectivity index (χ2v) is 7.10. The van der Waals surface area contributed by atoms with Gasteiger partial charge < -0.3 is 25.5 Å². The summed E-state index contributed by atoms with van der Waals surface area (Å²) in [5.74, 6) is 0.228. The summed E-state index contributed by atoms with van der Waals surface area (Å²) < 4.78 is 0. The molecule has 0 saturated heterocycles. The van der Waals surface area contributed by atoms with Gasteiger partial charge in [0.15, 0.2) is 0 Å². The first-order valence-corrected chi connectivity index (χ1v) is 10.3. The molecule has 1 amide bonds. The first kappa shape index (κ1) is 27.5. The fourth-order valence-corrected chi connectivity index (χ4v) is 2.37. The number of aliphatic hydroxyl groups excluding tert-OH is 3. The Balaban J connectivity index is 0. The van der Waals surface area contributed by atoms with Gasteiger partial charge in [0.2, 0.25) is 5.91 Å². The number of unbranched alkanes of at least 4 members (excludes halogenated alkanes) is 8. The highest BCUT2D eigenvalue weighted by molar-refractivity contribution is 5.75. The molecule has 0 aromatic heterocycles. The van der Waals surface area contributed by atoms with Crippen LogP contribution < -0.4 is 5.32 Å². The summed E-state index contributed by atoms with van der Waals surface area (Å²) >= 11 is 0. The fraction of sp³-hybridized carbons (Fsp3) is 0.950. The molecule has 0 spiro atoms. The third-order valence-corrected chi connectivity index (χ3v) is 4.03. The second kappa shape index (κ2) is 22.4. The number of rotatable bonds is 16. The molecule has 4 N–H and O–H groups in total. The highest BCUT2D eigenvalue weighted by Gasteiger charge is 2.00. The van der Waals surface area contributed by atoms with E-state index in [0.29, 0.717) is 6.42 Å². The molecule has 26 heavy (non-hydrogen) atoms. The largest absolute Gasteiger partial charge is 0.394 e. The molecule has 0 radical (unpaired) electrons. The SMILES string of the molecule is CCCCCCCCCCCC(=O)NCCCN(C)C.OCC(O)CO. The van der Waals surface area contributed by atoms with Crippen molar-refractivity contribution in [1.82, 2.24) is 10.2 Å². The Morgan fingerprint density at radius 2 is 1.38 bits per heavy atom. The van der Waals surface area contributed by atoms with Crippen molar-refractivity contribution in [1.29, 1.82) is 0 Å². The highest BCUT2D eigenvalue weighted by atomic mass is 16.3. The lowest BCUT2D eigenvalue weighted by Gasteiger charge is -2.09. The van der Waals surface area contributed by atoms with Crippen LogP contribution in [-0.4, -0.2) is 72.6 Å². The third kappa shape index (κ3) is 25.5. The molecule has 0 bridgehead atoms. The van der Waals surface area contributed by atoms with E-state index in [-0.39, 0.29) is 19.1 Å². The number of carbonyl (C=O) groups excluding carboxylic acids is 1. The van der Waals surface area contributed by atoms with Gasteiger partial charge in [-0.1, -0.05) is 58.3 Å². The van der Waals surface area contributed by atoms with Crippen molar-refractivity contribution in [3.05, 3.63) is 0 Å². The molecule has 6 heteroatoms. The summed E-state index contributed by atoms with van der Waals surface area (Å²) in [6.07, 6.45) is 12.5. The van der Waals surface area contributed by atoms with Crippen LogP contribution in [0.5, 0.6) is 0 Å². The monoisotopic (exact) mass is 376 g/mol. The molecule has 0 rings (SSSR count). The Morgan fingerprint density at radius 3 is 1.81 bits per heavy atom. The predicted molar refractivity (Wildman–Crippen MR) is 108 cm³/mol. The predicted octanol–water partition coefficient (Wildman–Crippen LogP) is 2.31. The van der Waals surface area contributed by atoms with Crippen molar-refractivity contribution in [2.24, 2.45) is 0 Å². The third-order valence-electron chi connectivity index (χ3n) is 4.03. The Hall–Kier alpha value is -0.690. The van der Waals surface area contributed by atoms with Gasteiger partial charge in [-0.05, 0) is 33.5 Å². The molecule has 0 fully saturated rings. The van der Waals surface area contributed by atoms with Gasteiger partial charge in [-0.15, -0.1) is 0 Å². The van der Waals surface area contributed by atoms with E-state index in [9.17, 15) is 4.79 Å². The zero-order chi connectivity index (χ0) is 20.0. The molecular weight excluding hydrogens is 332 g/mol. The van der Waals surface area contributed by atoms with E-state index >= 15 is 0 Å². The smallest absolute Gasteiger partial charge is 0.219 e. The first-order chi connectivity index (χ1) is 12.5. The van der Waals surface area contributed by atoms with Gasteiger partial charge in [-0.2, -0.15) is 0 Å². The van der Waals surface area contributed by atoms with Gasteiger partial charge in [-0.25, -0.2) is 0 Å². The quantitative estimate of drug-likeness (QED) is 0.310. The van der Waals surface area contributed by atoms with Crippen LogP contribution in [0.4, 0.5) is 0 Å². The minimum Gasteiger partial charge on any atom is -0.394 e. The van der Waals surface area contributed by atoms with E-state index < -0.39 is 6.10 Å². The van der Waals surface area contributed by atoms with Gasteiger partial charge in [0, 0.05) is 13.0 Å². The lowest BCUT2D eigenvalue weighted by molar-refractivity contribution is -0.121. The molecule has 0 saturated carbocycles. The lowest BCUT2D eigenvalue weighted by atomic mass is 10.1. The van der Waals surface area contributed by atoms with Crippen molar-refractivity contribution < 1.29 is 20.1 Å². The molecule has 0 atom stereocenters. The van der Waals surface area contributed by atoms with Crippen LogP contribution in [0, 0.1) is 0 Å². The van der Waals surface area contributed by atoms with Gasteiger partial charge in [0.25, 0.3) is 0 Å². The van der Waals surface area contributed by atoms with Gasteiger partial charge in [0.1, 0.15) is 6.10 Å². The maximum Gasteiger partial charge on any atom is 0.219 e. The molecule has 0 aliphatic rings. The zero-order valence-corrected chi connectivity index (χ0v) is 17.4. The molecule has 0 heterocycles. The number of hydrogen-bond acceptors (Lipinski definition) is 5. The molecule has 6 nitrogen and oxygen atoms in total. The summed E-state index contributed by atoms with van der Waals surface area (Å²) in [6.45, 7) is 3.38. The maximum atomic E-state index is 11.6. The minimum atomic E-state index is -0.954. The van der Waals surface area contributed by atoms with E-state index in [1.165, 1.54) is 51.4 Å². The van der Waals surface area contributed by atoms with Crippen LogP contribution in [0.1, 0.15) is 77.6 Å². The molecule has 0 aromatic rings. The number of nitrogens with one attached hydrogen (secondary N) is 1. The molecule has 0 aliphatic heterocycles. The molecular formula is C20H44N2O4. The van der Waals surface area contributed by atoms with Crippen molar-refractivity contribution in [2.75, 3.05) is 40.4 Å². The zero-order valence-electron chi connectivity index (χ0n) is 17.4. The van der Waals surface area contributed by atoms with Crippen LogP contribution in [0.25, 0.3) is 0 Å². The van der Waals surface area contributed by atoms with Gasteiger partial charge in [0.05, 0.1) is 13.2 Å². The summed E-state index contributed by atoms with van der Waals surface area (Å²) in [5, 5.41) is 27.0. The molecule has 158 valence electrons. The molecule has 0 aromatic carbocycles. The Labute approximate surface area is 161 Å². The van der Waals surface area contributed by atoms with Gasteiger partial charge >= 0.3 is 0 Å². The van der Waals surface area contributed by atoms with E-state index in [1.807, 2.05) is 0 Å². The average Bonchev–Trinajstić information content (AvgIpc) is 2.63. The summed E-state index contributed by atoms with van der Waals surface area (Å²) in [4.78, 5) is 13.7. The number of nitrogens with zero attached hydrogens (tertiary/aromatic N) is 1. The van der Waals surface area contributed by atoms with Crippen LogP contribution in [-0.2, 0) is 4.79 Å². The van der Waals surface area contributed by atoms with E-state index in [0.717, 1.165) is 25.9 Å². The minimum absolute atomic E-state index is 0.228. The average molecular weight is 377 g/mol. The Kier molecular flexibility index (Phi) is 23.7. The normalized spacial score (nSPS) is 10.8. The van der Waals surface area contributed by atoms with E-state index in [1.54, 1.807) is 0 Å². The number of amides is 1. The first-order valence-electron chi connectivity index (χ1n) is 10.3. The summed E-state index contributed by atoms with van der Waals surface area (Å²) in [6, 6.07) is 0. The lowest BCUT2D eigenvalue weighted by Crippen LogP contribution is -2.26. The van der Waals surface area contributed by atoms with Crippen LogP contribution in [0.2, 0.25) is 0 Å². The molecule has 0 aliphatic carbocycles. The standard InChI is InChI=1S/C17H36N2O.C3H8O3/c1-4-5-6-7-8-9-10-11-12-14-17(20)18-15-13-16-19(2)3;4-1-3(6)2-5/h4-16H2,1-3H3,(H,18,20);3-6H,1-2H2. The van der Waals surface area contributed by atoms with E-state index in [4.69, 9.17) is 15.3 Å². The van der Waals surface area contributed by atoms with Crippen LogP contribution in [0.15, 0.2) is 0 Å². The van der Waals surface area contributed by atoms with Crippen LogP contribution in [0.3, 0.4) is 0 Å². The van der Waals surface area contributed by atoms with Crippen LogP contribution >= 0.6 is 0 Å². The van der Waals surface area contributed by atoms with Crippen molar-refractivity contribution in [3.63, 3.8) is 0 Å².